The van der Waals surface area contributed by atoms with Crippen LogP contribution in [0, 0.1) is 0 Å². The van der Waals surface area contributed by atoms with E-state index >= 15 is 0 Å². The molecule has 0 amide bonds. The topological polar surface area (TPSA) is 72.2 Å². The average molecular weight is 340 g/mol. The summed E-state index contributed by atoms with van der Waals surface area (Å²) >= 11 is 5.91. The van der Waals surface area contributed by atoms with Gasteiger partial charge >= 0.3 is 0 Å². The molecule has 7 heteroatoms. The Morgan fingerprint density at radius 3 is 2.33 bits per heavy atom. The predicted octanol–water partition coefficient (Wildman–Crippen LogP) is 2.42. The van der Waals surface area contributed by atoms with Gasteiger partial charge in [-0.1, -0.05) is 43.4 Å². The van der Waals surface area contributed by atoms with Crippen LogP contribution in [0.25, 0.3) is 0 Å². The molecule has 4 nitrogen and oxygen atoms in total. The van der Waals surface area contributed by atoms with E-state index in [9.17, 15) is 8.42 Å². The Hall–Kier alpha value is -1.28. The minimum Gasteiger partial charge on any atom is -0.389 e. The molecule has 112 valence electrons. The molecule has 1 aromatic heterocycles. The quantitative estimate of drug-likeness (QED) is 0.792. The third kappa shape index (κ3) is 4.10. The van der Waals surface area contributed by atoms with Crippen LogP contribution in [0.3, 0.4) is 0 Å². The second-order valence-corrected chi connectivity index (χ2v) is 7.99. The van der Waals surface area contributed by atoms with E-state index in [2.05, 4.69) is 11.6 Å². The van der Waals surface area contributed by atoms with Gasteiger partial charge in [-0.25, -0.2) is 13.1 Å². The molecule has 0 aliphatic heterocycles. The van der Waals surface area contributed by atoms with Gasteiger partial charge in [-0.2, -0.15) is 0 Å². The van der Waals surface area contributed by atoms with Crippen LogP contribution < -0.4 is 10.5 Å². The van der Waals surface area contributed by atoms with Crippen LogP contribution in [0.15, 0.2) is 40.6 Å². The normalized spacial score (nSPS) is 11.5. The minimum atomic E-state index is -3.53. The maximum Gasteiger partial charge on any atom is 0.250 e. The Labute approximate surface area is 134 Å². The summed E-state index contributed by atoms with van der Waals surface area (Å²) in [4.78, 5) is 0.800. The lowest BCUT2D eigenvalue weighted by molar-refractivity contribution is 0.583. The van der Waals surface area contributed by atoms with E-state index in [0.717, 1.165) is 23.3 Å². The summed E-state index contributed by atoms with van der Waals surface area (Å²) in [6, 6.07) is 11.0. The molecule has 1 aromatic carbocycles. The predicted molar refractivity (Wildman–Crippen MR) is 90.1 cm³/mol. The molecule has 0 saturated heterocycles. The van der Waals surface area contributed by atoms with Crippen molar-refractivity contribution in [2.45, 2.75) is 24.1 Å². The van der Waals surface area contributed by atoms with Crippen LogP contribution in [0.5, 0.6) is 0 Å². The summed E-state index contributed by atoms with van der Waals surface area (Å²) < 4.78 is 27.2. The Morgan fingerprint density at radius 2 is 1.81 bits per heavy atom. The summed E-state index contributed by atoms with van der Waals surface area (Å²) in [7, 11) is -3.53. The maximum absolute atomic E-state index is 12.2. The van der Waals surface area contributed by atoms with Crippen molar-refractivity contribution in [1.82, 2.24) is 4.72 Å². The van der Waals surface area contributed by atoms with E-state index in [-0.39, 0.29) is 15.7 Å². The molecule has 0 radical (unpaired) electrons. The fraction of sp³-hybridized carbons (Fsp3) is 0.214. The van der Waals surface area contributed by atoms with E-state index in [0.29, 0.717) is 4.88 Å². The van der Waals surface area contributed by atoms with Gasteiger partial charge in [-0.3, -0.25) is 0 Å². The molecule has 2 aromatic rings. The maximum atomic E-state index is 12.2. The largest absolute Gasteiger partial charge is 0.389 e. The monoisotopic (exact) mass is 340 g/mol. The number of aryl methyl sites for hydroxylation is 1. The number of rotatable bonds is 6. The molecule has 0 aliphatic carbocycles. The van der Waals surface area contributed by atoms with Crippen molar-refractivity contribution < 1.29 is 8.42 Å². The van der Waals surface area contributed by atoms with Gasteiger partial charge in [0.25, 0.3) is 0 Å². The summed E-state index contributed by atoms with van der Waals surface area (Å²) in [6.45, 7) is 2.33. The number of hydrogen-bond acceptors (Lipinski definition) is 4. The average Bonchev–Trinajstić information content (AvgIpc) is 2.97. The summed E-state index contributed by atoms with van der Waals surface area (Å²) in [5, 5.41) is 0. The molecule has 0 saturated carbocycles. The molecule has 0 spiro atoms. The molecule has 0 fully saturated rings. The summed E-state index contributed by atoms with van der Waals surface area (Å²) in [6.07, 6.45) is 0.961. The fourth-order valence-corrected chi connectivity index (χ4v) is 4.15. The molecule has 21 heavy (non-hydrogen) atoms. The summed E-state index contributed by atoms with van der Waals surface area (Å²) in [5.74, 6) is 0. The number of sulfonamides is 1. The number of thiophene rings is 1. The minimum absolute atomic E-state index is 0.205. The lowest BCUT2D eigenvalue weighted by Crippen LogP contribution is -2.22. The fourth-order valence-electron chi connectivity index (χ4n) is 1.74. The second-order valence-electron chi connectivity index (χ2n) is 4.48. The Kier molecular flexibility index (Phi) is 5.10. The molecule has 0 aliphatic rings. The van der Waals surface area contributed by atoms with E-state index in [1.165, 1.54) is 11.6 Å². The molecular formula is C14H16N2O2S3. The Balaban J connectivity index is 2.07. The molecular weight excluding hydrogens is 324 g/mol. The highest BCUT2D eigenvalue weighted by molar-refractivity contribution is 7.91. The van der Waals surface area contributed by atoms with Gasteiger partial charge < -0.3 is 5.73 Å². The Morgan fingerprint density at radius 1 is 1.19 bits per heavy atom. The molecule has 0 unspecified atom stereocenters. The van der Waals surface area contributed by atoms with Crippen LogP contribution in [-0.2, 0) is 23.0 Å². The van der Waals surface area contributed by atoms with Gasteiger partial charge in [0.05, 0.1) is 4.88 Å². The van der Waals surface area contributed by atoms with Crippen molar-refractivity contribution in [1.29, 1.82) is 0 Å². The van der Waals surface area contributed by atoms with Crippen molar-refractivity contribution in [3.63, 3.8) is 0 Å². The molecule has 0 atom stereocenters. The zero-order chi connectivity index (χ0) is 15.5. The number of nitrogens with two attached hydrogens (primary N) is 1. The van der Waals surface area contributed by atoms with Crippen molar-refractivity contribution in [2.24, 2.45) is 5.73 Å². The zero-order valence-electron chi connectivity index (χ0n) is 11.5. The first kappa shape index (κ1) is 16.1. The van der Waals surface area contributed by atoms with E-state index in [1.54, 1.807) is 6.07 Å². The lowest BCUT2D eigenvalue weighted by Gasteiger charge is -2.05. The third-order valence-corrected chi connectivity index (χ3v) is 6.35. The highest BCUT2D eigenvalue weighted by Crippen LogP contribution is 2.21. The smallest absolute Gasteiger partial charge is 0.250 e. The molecule has 3 N–H and O–H groups in total. The second kappa shape index (κ2) is 6.65. The van der Waals surface area contributed by atoms with E-state index < -0.39 is 10.0 Å². The van der Waals surface area contributed by atoms with Crippen molar-refractivity contribution in [3.05, 3.63) is 52.4 Å². The van der Waals surface area contributed by atoms with Crippen LogP contribution in [0.1, 0.15) is 22.9 Å². The summed E-state index contributed by atoms with van der Waals surface area (Å²) in [5.41, 5.74) is 7.63. The standard InChI is InChI=1S/C14H16N2O2S3/c1-2-10-3-5-11(6-4-10)9-16-21(17,18)13-8-7-12(20-13)14(15)19/h3-8,16H,2,9H2,1H3,(H2,15,19). The Bertz CT molecular complexity index is 734. The first-order chi connectivity index (χ1) is 9.92. The SMILES string of the molecule is CCc1ccc(CNS(=O)(=O)c2ccc(C(N)=S)s2)cc1. The highest BCUT2D eigenvalue weighted by Gasteiger charge is 2.17. The van der Waals surface area contributed by atoms with Crippen molar-refractivity contribution >= 4 is 38.6 Å². The molecule has 1 heterocycles. The molecule has 0 bridgehead atoms. The first-order valence-electron chi connectivity index (χ1n) is 6.39. The van der Waals surface area contributed by atoms with Crippen LogP contribution >= 0.6 is 23.6 Å². The number of hydrogen-bond donors (Lipinski definition) is 2. The number of nitrogens with one attached hydrogen (secondary N) is 1. The first-order valence-corrected chi connectivity index (χ1v) is 9.10. The highest BCUT2D eigenvalue weighted by atomic mass is 32.2. The van der Waals surface area contributed by atoms with Crippen molar-refractivity contribution in [3.8, 4) is 0 Å². The number of benzene rings is 1. The van der Waals surface area contributed by atoms with Gasteiger partial charge in [-0.05, 0) is 29.7 Å². The van der Waals surface area contributed by atoms with E-state index in [4.69, 9.17) is 18.0 Å². The van der Waals surface area contributed by atoms with Crippen LogP contribution in [0.2, 0.25) is 0 Å². The number of thiocarbonyl (C=S) groups is 1. The van der Waals surface area contributed by atoms with Gasteiger partial charge in [0.15, 0.2) is 0 Å². The van der Waals surface area contributed by atoms with Gasteiger partial charge in [-0.15, -0.1) is 11.3 Å². The van der Waals surface area contributed by atoms with Crippen molar-refractivity contribution in [2.75, 3.05) is 0 Å². The lowest BCUT2D eigenvalue weighted by atomic mass is 10.1. The van der Waals surface area contributed by atoms with E-state index in [1.807, 2.05) is 24.3 Å². The van der Waals surface area contributed by atoms with Crippen LogP contribution in [-0.4, -0.2) is 13.4 Å². The van der Waals surface area contributed by atoms with Gasteiger partial charge in [0, 0.05) is 6.54 Å². The van der Waals surface area contributed by atoms with Gasteiger partial charge in [0.2, 0.25) is 10.0 Å². The van der Waals surface area contributed by atoms with Crippen LogP contribution in [0.4, 0.5) is 0 Å². The molecule has 2 rings (SSSR count). The third-order valence-electron chi connectivity index (χ3n) is 2.99. The zero-order valence-corrected chi connectivity index (χ0v) is 13.9. The van der Waals surface area contributed by atoms with Gasteiger partial charge in [0.1, 0.15) is 9.20 Å².